The highest BCUT2D eigenvalue weighted by Gasteiger charge is 2.26. The zero-order valence-electron chi connectivity index (χ0n) is 13.7. The van der Waals surface area contributed by atoms with Gasteiger partial charge in [-0.25, -0.2) is 0 Å². The van der Waals surface area contributed by atoms with Crippen LogP contribution in [0.5, 0.6) is 0 Å². The molecule has 0 radical (unpaired) electrons. The molecule has 3 rings (SSSR count). The second kappa shape index (κ2) is 6.96. The second-order valence-corrected chi connectivity index (χ2v) is 7.40. The summed E-state index contributed by atoms with van der Waals surface area (Å²) in [4.78, 5) is 0. The van der Waals surface area contributed by atoms with Crippen LogP contribution in [0.3, 0.4) is 0 Å². The third kappa shape index (κ3) is 4.10. The number of aryl methyl sites for hydroxylation is 1. The van der Waals surface area contributed by atoms with Gasteiger partial charge in [0.2, 0.25) is 0 Å². The molecule has 0 N–H and O–H groups in total. The van der Waals surface area contributed by atoms with Gasteiger partial charge < -0.3 is 4.74 Å². The van der Waals surface area contributed by atoms with Crippen molar-refractivity contribution < 1.29 is 4.74 Å². The van der Waals surface area contributed by atoms with E-state index in [1.54, 1.807) is 0 Å². The molecular weight excluding hydrogens is 256 g/mol. The first kappa shape index (κ1) is 15.1. The molecular formula is C20H30O. The summed E-state index contributed by atoms with van der Waals surface area (Å²) >= 11 is 0. The molecule has 1 aromatic rings. The third-order valence-corrected chi connectivity index (χ3v) is 5.57. The topological polar surface area (TPSA) is 9.23 Å². The lowest BCUT2D eigenvalue weighted by molar-refractivity contribution is -0.0519. The average molecular weight is 286 g/mol. The van der Waals surface area contributed by atoms with E-state index >= 15 is 0 Å². The summed E-state index contributed by atoms with van der Waals surface area (Å²) in [5, 5.41) is 0. The third-order valence-electron chi connectivity index (χ3n) is 5.57. The van der Waals surface area contributed by atoms with Crippen LogP contribution in [0.15, 0.2) is 24.3 Å². The monoisotopic (exact) mass is 286 g/mol. The first-order valence-electron chi connectivity index (χ1n) is 8.92. The minimum Gasteiger partial charge on any atom is -0.375 e. The molecule has 0 heterocycles. The van der Waals surface area contributed by atoms with Crippen LogP contribution in [-0.4, -0.2) is 12.2 Å². The maximum atomic E-state index is 6.38. The molecule has 116 valence electrons. The van der Waals surface area contributed by atoms with E-state index in [0.717, 1.165) is 11.8 Å². The smallest absolute Gasteiger partial charge is 0.0579 e. The Labute approximate surface area is 130 Å². The summed E-state index contributed by atoms with van der Waals surface area (Å²) < 4.78 is 6.38. The molecule has 0 bridgehead atoms. The van der Waals surface area contributed by atoms with Gasteiger partial charge in [0.15, 0.2) is 0 Å². The van der Waals surface area contributed by atoms with Crippen LogP contribution in [0.4, 0.5) is 0 Å². The van der Waals surface area contributed by atoms with Crippen LogP contribution in [0.25, 0.3) is 0 Å². The largest absolute Gasteiger partial charge is 0.375 e. The van der Waals surface area contributed by atoms with E-state index in [0.29, 0.717) is 12.2 Å². The Morgan fingerprint density at radius 3 is 1.86 bits per heavy atom. The maximum absolute atomic E-state index is 6.38. The van der Waals surface area contributed by atoms with Gasteiger partial charge in [-0.05, 0) is 75.7 Å². The minimum atomic E-state index is 0.533. The van der Waals surface area contributed by atoms with Crippen LogP contribution < -0.4 is 0 Å². The second-order valence-electron chi connectivity index (χ2n) is 7.40. The van der Waals surface area contributed by atoms with E-state index in [4.69, 9.17) is 4.74 Å². The molecule has 21 heavy (non-hydrogen) atoms. The van der Waals surface area contributed by atoms with Gasteiger partial charge in [0.1, 0.15) is 0 Å². The molecule has 0 unspecified atom stereocenters. The highest BCUT2D eigenvalue weighted by molar-refractivity contribution is 5.24. The standard InChI is InChI=1S/C20H30O/c1-15-3-7-17(8-4-15)18-9-13-20(14-10-18)21-19-11-5-16(2)6-12-19/h3-4,7-8,16,18-20H,5-6,9-14H2,1-2H3. The summed E-state index contributed by atoms with van der Waals surface area (Å²) in [6.07, 6.45) is 11.5. The van der Waals surface area contributed by atoms with E-state index in [1.165, 1.54) is 62.5 Å². The molecule has 2 aliphatic carbocycles. The van der Waals surface area contributed by atoms with E-state index < -0.39 is 0 Å². The Kier molecular flexibility index (Phi) is 5.00. The predicted octanol–water partition coefficient (Wildman–Crippen LogP) is 5.62. The Bertz CT molecular complexity index is 420. The Balaban J connectivity index is 1.45. The molecule has 1 heteroatoms. The number of hydrogen-bond acceptors (Lipinski definition) is 1. The van der Waals surface area contributed by atoms with E-state index in [-0.39, 0.29) is 0 Å². The van der Waals surface area contributed by atoms with Gasteiger partial charge in [-0.3, -0.25) is 0 Å². The lowest BCUT2D eigenvalue weighted by Crippen LogP contribution is -2.29. The fourth-order valence-electron chi connectivity index (χ4n) is 4.01. The van der Waals surface area contributed by atoms with Gasteiger partial charge in [0.05, 0.1) is 12.2 Å². The quantitative estimate of drug-likeness (QED) is 0.701. The molecule has 1 nitrogen and oxygen atoms in total. The molecule has 2 fully saturated rings. The predicted molar refractivity (Wildman–Crippen MR) is 88.7 cm³/mol. The van der Waals surface area contributed by atoms with Gasteiger partial charge in [-0.15, -0.1) is 0 Å². The van der Waals surface area contributed by atoms with E-state index in [1.807, 2.05) is 0 Å². The van der Waals surface area contributed by atoms with Crippen molar-refractivity contribution in [3.8, 4) is 0 Å². The first-order valence-corrected chi connectivity index (χ1v) is 8.92. The lowest BCUT2D eigenvalue weighted by atomic mass is 9.82. The fourth-order valence-corrected chi connectivity index (χ4v) is 4.01. The van der Waals surface area contributed by atoms with Crippen LogP contribution in [0, 0.1) is 12.8 Å². The molecule has 2 aliphatic rings. The van der Waals surface area contributed by atoms with Gasteiger partial charge in [0, 0.05) is 0 Å². The minimum absolute atomic E-state index is 0.533. The van der Waals surface area contributed by atoms with Crippen molar-refractivity contribution in [3.05, 3.63) is 35.4 Å². The van der Waals surface area contributed by atoms with Crippen molar-refractivity contribution in [1.82, 2.24) is 0 Å². The maximum Gasteiger partial charge on any atom is 0.0579 e. The summed E-state index contributed by atoms with van der Waals surface area (Å²) in [5.74, 6) is 1.68. The zero-order chi connectivity index (χ0) is 14.7. The van der Waals surface area contributed by atoms with Crippen molar-refractivity contribution in [3.63, 3.8) is 0 Å². The average Bonchev–Trinajstić information content (AvgIpc) is 2.51. The highest BCUT2D eigenvalue weighted by atomic mass is 16.5. The zero-order valence-corrected chi connectivity index (χ0v) is 13.7. The van der Waals surface area contributed by atoms with Crippen LogP contribution in [-0.2, 0) is 4.74 Å². The molecule has 1 aromatic carbocycles. The van der Waals surface area contributed by atoms with Gasteiger partial charge >= 0.3 is 0 Å². The molecule has 0 amide bonds. The molecule has 0 saturated heterocycles. The Morgan fingerprint density at radius 2 is 1.29 bits per heavy atom. The Morgan fingerprint density at radius 1 is 0.762 bits per heavy atom. The first-order chi connectivity index (χ1) is 10.2. The van der Waals surface area contributed by atoms with Crippen LogP contribution in [0.2, 0.25) is 0 Å². The summed E-state index contributed by atoms with van der Waals surface area (Å²) in [7, 11) is 0. The highest BCUT2D eigenvalue weighted by Crippen LogP contribution is 2.36. The van der Waals surface area contributed by atoms with E-state index in [9.17, 15) is 0 Å². The summed E-state index contributed by atoms with van der Waals surface area (Å²) in [6, 6.07) is 9.15. The molecule has 0 aromatic heterocycles. The van der Waals surface area contributed by atoms with Crippen molar-refractivity contribution in [2.75, 3.05) is 0 Å². The van der Waals surface area contributed by atoms with E-state index in [2.05, 4.69) is 38.1 Å². The number of rotatable bonds is 3. The van der Waals surface area contributed by atoms with Gasteiger partial charge in [-0.1, -0.05) is 36.8 Å². The number of hydrogen-bond donors (Lipinski definition) is 0. The molecule has 2 saturated carbocycles. The van der Waals surface area contributed by atoms with Crippen molar-refractivity contribution in [2.24, 2.45) is 5.92 Å². The van der Waals surface area contributed by atoms with Gasteiger partial charge in [0.25, 0.3) is 0 Å². The van der Waals surface area contributed by atoms with Crippen molar-refractivity contribution >= 4 is 0 Å². The Hall–Kier alpha value is -0.820. The normalized spacial score (nSPS) is 33.8. The van der Waals surface area contributed by atoms with Crippen molar-refractivity contribution in [2.45, 2.75) is 83.3 Å². The van der Waals surface area contributed by atoms with Gasteiger partial charge in [-0.2, -0.15) is 0 Å². The fraction of sp³-hybridized carbons (Fsp3) is 0.700. The summed E-state index contributed by atoms with van der Waals surface area (Å²) in [5.41, 5.74) is 2.90. The summed E-state index contributed by atoms with van der Waals surface area (Å²) in [6.45, 7) is 4.54. The van der Waals surface area contributed by atoms with Crippen LogP contribution >= 0.6 is 0 Å². The molecule has 0 atom stereocenters. The van der Waals surface area contributed by atoms with Crippen LogP contribution in [0.1, 0.15) is 75.3 Å². The SMILES string of the molecule is Cc1ccc(C2CCC(OC3CCC(C)CC3)CC2)cc1. The molecule has 0 spiro atoms. The number of benzene rings is 1. The van der Waals surface area contributed by atoms with Crippen molar-refractivity contribution in [1.29, 1.82) is 0 Å². The lowest BCUT2D eigenvalue weighted by Gasteiger charge is -2.34. The number of ether oxygens (including phenoxy) is 1. The molecule has 0 aliphatic heterocycles.